The Balaban J connectivity index is 2.74. The molecule has 0 saturated heterocycles. The lowest BCUT2D eigenvalue weighted by molar-refractivity contribution is 0.859. The third kappa shape index (κ3) is 1.78. The smallest absolute Gasteiger partial charge is 0.138 e. The lowest BCUT2D eigenvalue weighted by atomic mass is 10.4. The summed E-state index contributed by atoms with van der Waals surface area (Å²) in [5, 5.41) is 3.56. The van der Waals surface area contributed by atoms with Crippen LogP contribution < -0.4 is 5.32 Å². The van der Waals surface area contributed by atoms with Crippen LogP contribution in [0.25, 0.3) is 0 Å². The summed E-state index contributed by atoms with van der Waals surface area (Å²) in [6, 6.07) is 0. The van der Waals surface area contributed by atoms with Gasteiger partial charge in [-0.3, -0.25) is 0 Å². The van der Waals surface area contributed by atoms with Gasteiger partial charge in [-0.05, 0) is 6.08 Å². The molecule has 1 atom stereocenters. The minimum atomic E-state index is -0.380. The fourth-order valence-corrected chi connectivity index (χ4v) is 0.941. The number of nitrogens with one attached hydrogen (secondary N) is 1. The average molecular weight is 183 g/mol. The maximum Gasteiger partial charge on any atom is 0.138 e. The van der Waals surface area contributed by atoms with Gasteiger partial charge in [0.05, 0.1) is 16.3 Å². The number of rotatable bonds is 0. The van der Waals surface area contributed by atoms with Crippen molar-refractivity contribution in [1.29, 1.82) is 0 Å². The van der Waals surface area contributed by atoms with Crippen molar-refractivity contribution < 1.29 is 0 Å². The van der Waals surface area contributed by atoms with Gasteiger partial charge in [0.1, 0.15) is 5.50 Å². The van der Waals surface area contributed by atoms with E-state index in [1.54, 1.807) is 6.08 Å². The van der Waals surface area contributed by atoms with Gasteiger partial charge in [-0.15, -0.1) is 0 Å². The van der Waals surface area contributed by atoms with Crippen molar-refractivity contribution in [1.82, 2.24) is 5.32 Å². The van der Waals surface area contributed by atoms with Gasteiger partial charge in [0.25, 0.3) is 0 Å². The van der Waals surface area contributed by atoms with Crippen molar-refractivity contribution in [3.05, 3.63) is 22.3 Å². The summed E-state index contributed by atoms with van der Waals surface area (Å²) in [7, 11) is 0. The van der Waals surface area contributed by atoms with Crippen molar-refractivity contribution in [2.24, 2.45) is 0 Å². The topological polar surface area (TPSA) is 12.0 Å². The molecule has 1 radical (unpaired) electrons. The molecule has 4 heteroatoms. The first-order chi connectivity index (χ1) is 4.20. The third-order valence-corrected chi connectivity index (χ3v) is 1.81. The Hall–Kier alpha value is 0.150. The van der Waals surface area contributed by atoms with Gasteiger partial charge < -0.3 is 5.32 Å². The van der Waals surface area contributed by atoms with Crippen LogP contribution in [0.4, 0.5) is 0 Å². The maximum absolute atomic E-state index is 5.59. The highest BCUT2D eigenvalue weighted by Gasteiger charge is 2.10. The van der Waals surface area contributed by atoms with Crippen LogP contribution in [0.15, 0.2) is 16.1 Å². The molecule has 49 valence electrons. The van der Waals surface area contributed by atoms with Crippen LogP contribution in [0, 0.1) is 6.20 Å². The maximum atomic E-state index is 5.59. The summed E-state index contributed by atoms with van der Waals surface area (Å²) in [6.45, 7) is 0. The van der Waals surface area contributed by atoms with Gasteiger partial charge >= 0.3 is 0 Å². The molecule has 0 spiro atoms. The molecule has 1 rings (SSSR count). The normalized spacial score (nSPS) is 26.3. The van der Waals surface area contributed by atoms with Crippen LogP contribution in [0.5, 0.6) is 0 Å². The molecule has 1 nitrogen and oxygen atoms in total. The molecule has 0 amide bonds. The number of dihydropyridines is 1. The predicted molar refractivity (Wildman–Crippen MR) is 39.3 cm³/mol. The predicted octanol–water partition coefficient (Wildman–Crippen LogP) is 2.16. The van der Waals surface area contributed by atoms with Crippen LogP contribution in [-0.4, -0.2) is 5.50 Å². The molecule has 1 heterocycles. The van der Waals surface area contributed by atoms with Crippen LogP contribution in [-0.2, 0) is 0 Å². The number of allylic oxidation sites excluding steroid dienone is 2. The number of hydrogen-bond donors (Lipinski definition) is 1. The standard InChI is InChI=1S/C5H3Cl3N/c6-3-1-4(7)5(8)9-2-3/h1,5,9H. The van der Waals surface area contributed by atoms with E-state index in [1.165, 1.54) is 0 Å². The van der Waals surface area contributed by atoms with E-state index in [4.69, 9.17) is 34.8 Å². The summed E-state index contributed by atoms with van der Waals surface area (Å²) in [5.74, 6) is 0. The van der Waals surface area contributed by atoms with Gasteiger partial charge in [0.15, 0.2) is 0 Å². The van der Waals surface area contributed by atoms with Crippen molar-refractivity contribution >= 4 is 34.8 Å². The third-order valence-electron chi connectivity index (χ3n) is 0.825. The highest BCUT2D eigenvalue weighted by molar-refractivity contribution is 6.39. The highest BCUT2D eigenvalue weighted by atomic mass is 35.5. The Morgan fingerprint density at radius 3 is 2.67 bits per heavy atom. The van der Waals surface area contributed by atoms with E-state index in [0.29, 0.717) is 10.1 Å². The summed E-state index contributed by atoms with van der Waals surface area (Å²) in [6.07, 6.45) is 4.15. The van der Waals surface area contributed by atoms with E-state index in [1.807, 2.05) is 0 Å². The molecule has 0 aliphatic carbocycles. The molecule has 0 aromatic carbocycles. The Bertz CT molecular complexity index is 173. The monoisotopic (exact) mass is 182 g/mol. The van der Waals surface area contributed by atoms with Gasteiger partial charge in [-0.1, -0.05) is 34.8 Å². The van der Waals surface area contributed by atoms with E-state index >= 15 is 0 Å². The Morgan fingerprint density at radius 2 is 2.22 bits per heavy atom. The van der Waals surface area contributed by atoms with Gasteiger partial charge in [0, 0.05) is 0 Å². The molecule has 1 N–H and O–H groups in total. The SMILES string of the molecule is ClC1=[C]NC(Cl)C(Cl)=C1. The molecule has 0 bridgehead atoms. The average Bonchev–Trinajstić information content (AvgIpc) is 1.80. The summed E-state index contributed by atoms with van der Waals surface area (Å²) < 4.78 is 0. The Morgan fingerprint density at radius 1 is 1.56 bits per heavy atom. The van der Waals surface area contributed by atoms with E-state index in [9.17, 15) is 0 Å². The molecule has 1 aliphatic heterocycles. The first-order valence-corrected chi connectivity index (χ1v) is 3.44. The fraction of sp³-hybridized carbons (Fsp3) is 0.200. The van der Waals surface area contributed by atoms with Crippen LogP contribution in [0.1, 0.15) is 0 Å². The Kier molecular flexibility index (Phi) is 2.28. The Labute approximate surface area is 68.3 Å². The van der Waals surface area contributed by atoms with Gasteiger partial charge in [-0.2, -0.15) is 0 Å². The second-order valence-corrected chi connectivity index (χ2v) is 2.79. The van der Waals surface area contributed by atoms with E-state index in [-0.39, 0.29) is 5.50 Å². The summed E-state index contributed by atoms with van der Waals surface area (Å²) in [4.78, 5) is 0. The lowest BCUT2D eigenvalue weighted by Gasteiger charge is -2.11. The second-order valence-electron chi connectivity index (χ2n) is 1.51. The van der Waals surface area contributed by atoms with Gasteiger partial charge in [0.2, 0.25) is 0 Å². The lowest BCUT2D eigenvalue weighted by Crippen LogP contribution is -2.21. The van der Waals surface area contributed by atoms with Crippen molar-refractivity contribution in [3.63, 3.8) is 0 Å². The molecule has 0 aromatic rings. The number of halogens is 3. The van der Waals surface area contributed by atoms with E-state index < -0.39 is 0 Å². The second kappa shape index (κ2) is 2.82. The first kappa shape index (κ1) is 7.26. The minimum Gasteiger partial charge on any atom is -0.362 e. The van der Waals surface area contributed by atoms with Crippen molar-refractivity contribution in [2.75, 3.05) is 0 Å². The highest BCUT2D eigenvalue weighted by Crippen LogP contribution is 2.19. The first-order valence-electron chi connectivity index (χ1n) is 2.25. The van der Waals surface area contributed by atoms with E-state index in [0.717, 1.165) is 0 Å². The molecule has 1 aliphatic rings. The number of hydrogen-bond acceptors (Lipinski definition) is 1. The largest absolute Gasteiger partial charge is 0.362 e. The van der Waals surface area contributed by atoms with Crippen LogP contribution in [0.3, 0.4) is 0 Å². The van der Waals surface area contributed by atoms with Crippen LogP contribution in [0.2, 0.25) is 0 Å². The minimum absolute atomic E-state index is 0.380. The van der Waals surface area contributed by atoms with Gasteiger partial charge in [-0.25, -0.2) is 0 Å². The van der Waals surface area contributed by atoms with E-state index in [2.05, 4.69) is 11.5 Å². The van der Waals surface area contributed by atoms with Crippen molar-refractivity contribution in [2.45, 2.75) is 5.50 Å². The molecular weight excluding hydrogens is 180 g/mol. The zero-order valence-corrected chi connectivity index (χ0v) is 6.56. The van der Waals surface area contributed by atoms with Crippen LogP contribution >= 0.6 is 34.8 Å². The van der Waals surface area contributed by atoms with Crippen molar-refractivity contribution in [3.8, 4) is 0 Å². The molecule has 0 saturated carbocycles. The molecular formula is C5H3Cl3N. The number of alkyl halides is 1. The summed E-state index contributed by atoms with van der Waals surface area (Å²) >= 11 is 16.7. The molecule has 0 fully saturated rings. The molecule has 0 aromatic heterocycles. The summed E-state index contributed by atoms with van der Waals surface area (Å²) in [5.41, 5.74) is -0.380. The molecule has 1 unspecified atom stereocenters. The zero-order valence-electron chi connectivity index (χ0n) is 4.29. The molecule has 9 heavy (non-hydrogen) atoms. The fourth-order valence-electron chi connectivity index (χ4n) is 0.432. The zero-order chi connectivity index (χ0) is 6.85. The quantitative estimate of drug-likeness (QED) is 0.448.